The summed E-state index contributed by atoms with van der Waals surface area (Å²) in [7, 11) is 0. The van der Waals surface area contributed by atoms with E-state index >= 15 is 0 Å². The van der Waals surface area contributed by atoms with Gasteiger partial charge in [0, 0.05) is 6.42 Å². The van der Waals surface area contributed by atoms with E-state index in [9.17, 15) is 20.1 Å². The summed E-state index contributed by atoms with van der Waals surface area (Å²) in [6, 6.07) is 0. The maximum Gasteiger partial charge on any atom is 1.00 e. The van der Waals surface area contributed by atoms with E-state index in [-0.39, 0.29) is 105 Å². The largest absolute Gasteiger partial charge is 1.00 e. The summed E-state index contributed by atoms with van der Waals surface area (Å²) >= 11 is 0. The molecule has 4 fully saturated rings. The van der Waals surface area contributed by atoms with Gasteiger partial charge in [-0.25, -0.2) is 0 Å². The number of hydrogen-bond acceptors (Lipinski definition) is 4. The molecule has 0 aromatic carbocycles. The number of halogens is 1. The molecule has 174 valence electrons. The molecule has 4 saturated carbocycles. The number of carboxylic acid groups (broad SMARTS) is 1. The zero-order valence-electron chi connectivity index (χ0n) is 19.6. The van der Waals surface area contributed by atoms with E-state index in [2.05, 4.69) is 20.8 Å². The van der Waals surface area contributed by atoms with Crippen molar-refractivity contribution >= 4 is 5.97 Å². The minimum absolute atomic E-state index is 0. The van der Waals surface area contributed by atoms with E-state index in [1.54, 1.807) is 0 Å². The van der Waals surface area contributed by atoms with Crippen LogP contribution in [0.1, 0.15) is 78.6 Å². The van der Waals surface area contributed by atoms with Crippen molar-refractivity contribution in [3.8, 4) is 0 Å². The third kappa shape index (κ3) is 4.73. The van der Waals surface area contributed by atoms with Crippen LogP contribution in [0.5, 0.6) is 0 Å². The van der Waals surface area contributed by atoms with E-state index in [0.717, 1.165) is 44.9 Å². The van der Waals surface area contributed by atoms with Gasteiger partial charge in [-0.15, -0.1) is 0 Å². The number of carbonyl (C=O) groups is 1. The molecule has 0 amide bonds. The summed E-state index contributed by atoms with van der Waals surface area (Å²) < 4.78 is 0. The Balaban J connectivity index is 0.00000171. The Morgan fingerprint density at radius 3 is 2.35 bits per heavy atom. The van der Waals surface area contributed by atoms with Gasteiger partial charge in [0.25, 0.3) is 0 Å². The van der Waals surface area contributed by atoms with Crippen LogP contribution in [0.25, 0.3) is 0 Å². The molecule has 7 heteroatoms. The molecular formula is C24H40ClKO5. The average Bonchev–Trinajstić information content (AvgIpc) is 3.01. The molecule has 11 atom stereocenters. The van der Waals surface area contributed by atoms with Crippen molar-refractivity contribution < 1.29 is 89.0 Å². The number of aliphatic hydroxyl groups excluding tert-OH is 3. The molecule has 4 aliphatic rings. The van der Waals surface area contributed by atoms with Crippen LogP contribution in [-0.2, 0) is 4.79 Å². The summed E-state index contributed by atoms with van der Waals surface area (Å²) in [5.74, 6) is 0.997. The Morgan fingerprint density at radius 2 is 1.71 bits per heavy atom. The maximum atomic E-state index is 11.5. The average molecular weight is 483 g/mol. The number of carboxylic acids is 1. The maximum absolute atomic E-state index is 11.5. The van der Waals surface area contributed by atoms with Crippen LogP contribution in [0.15, 0.2) is 0 Å². The smallest absolute Gasteiger partial charge is 1.00 e. The van der Waals surface area contributed by atoms with E-state index in [1.165, 1.54) is 0 Å². The minimum atomic E-state index is -0.748. The summed E-state index contributed by atoms with van der Waals surface area (Å²) in [6.45, 7) is 6.72. The molecule has 0 saturated heterocycles. The minimum Gasteiger partial charge on any atom is -1.00 e. The topological polar surface area (TPSA) is 98.0 Å². The van der Waals surface area contributed by atoms with Crippen molar-refractivity contribution in [3.63, 3.8) is 0 Å². The zero-order valence-corrected chi connectivity index (χ0v) is 23.5. The van der Waals surface area contributed by atoms with Gasteiger partial charge in [0.15, 0.2) is 0 Å². The van der Waals surface area contributed by atoms with Gasteiger partial charge < -0.3 is 32.8 Å². The fourth-order valence-electron chi connectivity index (χ4n) is 8.68. The number of fused-ring (bicyclic) bond motifs is 5. The second-order valence-electron chi connectivity index (χ2n) is 11.4. The van der Waals surface area contributed by atoms with Crippen molar-refractivity contribution in [1.29, 1.82) is 0 Å². The second kappa shape index (κ2) is 10.5. The van der Waals surface area contributed by atoms with Crippen molar-refractivity contribution in [2.24, 2.45) is 46.3 Å². The van der Waals surface area contributed by atoms with Gasteiger partial charge >= 0.3 is 57.4 Å². The molecule has 0 aliphatic heterocycles. The molecule has 0 unspecified atom stereocenters. The van der Waals surface area contributed by atoms with Crippen molar-refractivity contribution in [2.75, 3.05) is 0 Å². The Morgan fingerprint density at radius 1 is 1.03 bits per heavy atom. The summed E-state index contributed by atoms with van der Waals surface area (Å²) in [5.41, 5.74) is -0.143. The molecule has 0 aromatic rings. The van der Waals surface area contributed by atoms with Gasteiger partial charge in [-0.3, -0.25) is 4.79 Å². The predicted molar refractivity (Wildman–Crippen MR) is 110 cm³/mol. The van der Waals surface area contributed by atoms with Crippen LogP contribution >= 0.6 is 0 Å². The third-order valence-electron chi connectivity index (χ3n) is 10.3. The molecule has 5 nitrogen and oxygen atoms in total. The number of aliphatic carboxylic acids is 1. The van der Waals surface area contributed by atoms with Gasteiger partial charge in [0.05, 0.1) is 18.3 Å². The fraction of sp³-hybridized carbons (Fsp3) is 0.958. The van der Waals surface area contributed by atoms with E-state index in [0.29, 0.717) is 30.1 Å². The molecule has 4 rings (SSSR count). The van der Waals surface area contributed by atoms with Gasteiger partial charge in [-0.2, -0.15) is 0 Å². The molecule has 4 aliphatic carbocycles. The van der Waals surface area contributed by atoms with Gasteiger partial charge in [0.2, 0.25) is 0 Å². The SMILES string of the molecule is C[C@H](CCC(=O)O)[C@H]1CC[C@H]2[C@@H]3[C@H](O)C[C@@H]4C[C@H](O)CC[C@]4(C)[C@H]3C[C@H](O)[C@]12C.[Cl-].[K+]. The molecule has 31 heavy (non-hydrogen) atoms. The standard InChI is InChI=1S/C24H40O5.ClH.K/c1-13(4-7-21(28)29)16-5-6-17-22-18(12-20(27)24(16,17)3)23(2)9-8-15(25)10-14(23)11-19(22)26;;/h13-20,22,25-27H,4-12H2,1-3H3,(H,28,29);1H;/q;;+1/p-1/t13-,14+,15-,16-,17+,18+,19-,20+,22+,23+,24-;;/m1../s1. The summed E-state index contributed by atoms with van der Waals surface area (Å²) in [4.78, 5) is 11.1. The number of rotatable bonds is 4. The Hall–Kier alpha value is 1.28. The first-order valence-corrected chi connectivity index (χ1v) is 11.8. The van der Waals surface area contributed by atoms with E-state index in [1.807, 2.05) is 0 Å². The third-order valence-corrected chi connectivity index (χ3v) is 10.3. The van der Waals surface area contributed by atoms with Crippen LogP contribution in [0, 0.1) is 46.3 Å². The zero-order chi connectivity index (χ0) is 21.1. The molecule has 0 spiro atoms. The molecular weight excluding hydrogens is 443 g/mol. The van der Waals surface area contributed by atoms with Crippen LogP contribution in [0.4, 0.5) is 0 Å². The molecule has 0 radical (unpaired) electrons. The number of aliphatic hydroxyl groups is 3. The van der Waals surface area contributed by atoms with Crippen molar-refractivity contribution in [2.45, 2.75) is 96.9 Å². The Labute approximate surface area is 236 Å². The monoisotopic (exact) mass is 482 g/mol. The van der Waals surface area contributed by atoms with E-state index in [4.69, 9.17) is 5.11 Å². The Kier molecular flexibility index (Phi) is 9.65. The van der Waals surface area contributed by atoms with Gasteiger partial charge in [-0.1, -0.05) is 20.8 Å². The first kappa shape index (κ1) is 28.5. The number of hydrogen-bond donors (Lipinski definition) is 4. The van der Waals surface area contributed by atoms with Crippen molar-refractivity contribution in [1.82, 2.24) is 0 Å². The predicted octanol–water partition coefficient (Wildman–Crippen LogP) is -2.54. The van der Waals surface area contributed by atoms with Crippen molar-refractivity contribution in [3.05, 3.63) is 0 Å². The summed E-state index contributed by atoms with van der Waals surface area (Å²) in [5, 5.41) is 42.0. The molecule has 0 bridgehead atoms. The second-order valence-corrected chi connectivity index (χ2v) is 11.4. The fourth-order valence-corrected chi connectivity index (χ4v) is 8.68. The van der Waals surface area contributed by atoms with Crippen LogP contribution in [0.3, 0.4) is 0 Å². The van der Waals surface area contributed by atoms with Crippen LogP contribution < -0.4 is 63.8 Å². The normalized spacial score (nSPS) is 49.5. The first-order valence-electron chi connectivity index (χ1n) is 11.8. The molecule has 0 aromatic heterocycles. The molecule has 0 heterocycles. The summed E-state index contributed by atoms with van der Waals surface area (Å²) in [6.07, 6.45) is 6.00. The first-order chi connectivity index (χ1) is 13.6. The van der Waals surface area contributed by atoms with Gasteiger partial charge in [-0.05, 0) is 97.7 Å². The quantitative estimate of drug-likeness (QED) is 0.331. The van der Waals surface area contributed by atoms with Gasteiger partial charge in [0.1, 0.15) is 0 Å². The van der Waals surface area contributed by atoms with E-state index < -0.39 is 12.1 Å². The molecule has 4 N–H and O–H groups in total. The van der Waals surface area contributed by atoms with Crippen LogP contribution in [-0.4, -0.2) is 44.7 Å². The Bertz CT molecular complexity index is 649. The van der Waals surface area contributed by atoms with Crippen LogP contribution in [0.2, 0.25) is 0 Å².